The number of carbonyl (C=O) groups excluding carboxylic acids is 1. The monoisotopic (exact) mass is 293 g/mol. The lowest BCUT2D eigenvalue weighted by Gasteiger charge is -2.34. The lowest BCUT2D eigenvalue weighted by atomic mass is 9.93. The summed E-state index contributed by atoms with van der Waals surface area (Å²) in [5.41, 5.74) is 1.60. The van der Waals surface area contributed by atoms with Crippen molar-refractivity contribution in [2.45, 2.75) is 59.1 Å². The highest BCUT2D eigenvalue weighted by Crippen LogP contribution is 2.24. The first-order valence-corrected chi connectivity index (χ1v) is 7.98. The zero-order chi connectivity index (χ0) is 15.6. The highest BCUT2D eigenvalue weighted by Gasteiger charge is 2.29. The van der Waals surface area contributed by atoms with Gasteiger partial charge in [-0.2, -0.15) is 5.10 Å². The summed E-state index contributed by atoms with van der Waals surface area (Å²) in [6.45, 7) is 10.1. The third-order valence-corrected chi connectivity index (χ3v) is 4.32. The molecule has 1 aromatic heterocycles. The Morgan fingerprint density at radius 1 is 1.48 bits per heavy atom. The lowest BCUT2D eigenvalue weighted by molar-refractivity contribution is 0.0465. The van der Waals surface area contributed by atoms with Gasteiger partial charge in [-0.05, 0) is 32.6 Å². The largest absolute Gasteiger partial charge is 0.393 e. The van der Waals surface area contributed by atoms with Crippen molar-refractivity contribution < 1.29 is 9.90 Å². The van der Waals surface area contributed by atoms with Gasteiger partial charge in [-0.3, -0.25) is 9.48 Å². The van der Waals surface area contributed by atoms with Gasteiger partial charge in [0, 0.05) is 31.7 Å². The van der Waals surface area contributed by atoms with E-state index in [0.717, 1.165) is 37.2 Å². The van der Waals surface area contributed by atoms with Crippen molar-refractivity contribution in [1.29, 1.82) is 0 Å². The quantitative estimate of drug-likeness (QED) is 0.926. The molecule has 1 aromatic rings. The average molecular weight is 293 g/mol. The van der Waals surface area contributed by atoms with E-state index in [-0.39, 0.29) is 23.8 Å². The van der Waals surface area contributed by atoms with Gasteiger partial charge in [0.05, 0.1) is 17.4 Å². The number of amides is 1. The molecule has 118 valence electrons. The van der Waals surface area contributed by atoms with Crippen LogP contribution in [0.4, 0.5) is 0 Å². The second kappa shape index (κ2) is 6.60. The lowest BCUT2D eigenvalue weighted by Crippen LogP contribution is -2.43. The molecule has 1 amide bonds. The Hall–Kier alpha value is -1.36. The molecule has 2 unspecified atom stereocenters. The zero-order valence-corrected chi connectivity index (χ0v) is 13.5. The molecule has 0 radical (unpaired) electrons. The maximum atomic E-state index is 12.8. The Bertz CT molecular complexity index is 494. The van der Waals surface area contributed by atoms with Crippen LogP contribution >= 0.6 is 0 Å². The van der Waals surface area contributed by atoms with Gasteiger partial charge in [0.15, 0.2) is 0 Å². The van der Waals surface area contributed by atoms with Gasteiger partial charge in [-0.1, -0.05) is 13.8 Å². The highest BCUT2D eigenvalue weighted by atomic mass is 16.3. The molecule has 1 aliphatic rings. The second-order valence-corrected chi connectivity index (χ2v) is 6.33. The summed E-state index contributed by atoms with van der Waals surface area (Å²) in [5.74, 6) is 0.476. The van der Waals surface area contributed by atoms with E-state index in [2.05, 4.69) is 18.9 Å². The normalized spacial score (nSPS) is 20.9. The van der Waals surface area contributed by atoms with Crippen LogP contribution in [-0.4, -0.2) is 44.9 Å². The number of aliphatic hydroxyl groups excluding tert-OH is 1. The molecule has 1 N–H and O–H groups in total. The van der Waals surface area contributed by atoms with Crippen LogP contribution in [0.3, 0.4) is 0 Å². The first-order valence-electron chi connectivity index (χ1n) is 7.98. The third kappa shape index (κ3) is 3.46. The van der Waals surface area contributed by atoms with E-state index in [4.69, 9.17) is 0 Å². The summed E-state index contributed by atoms with van der Waals surface area (Å²) in [4.78, 5) is 14.7. The Labute approximate surface area is 126 Å². The van der Waals surface area contributed by atoms with Crippen molar-refractivity contribution in [2.24, 2.45) is 5.92 Å². The van der Waals surface area contributed by atoms with Gasteiger partial charge < -0.3 is 10.0 Å². The topological polar surface area (TPSA) is 58.4 Å². The molecule has 5 heteroatoms. The van der Waals surface area contributed by atoms with Crippen LogP contribution in [0.15, 0.2) is 6.20 Å². The number of aryl methyl sites for hydroxylation is 1. The van der Waals surface area contributed by atoms with Gasteiger partial charge in [0.2, 0.25) is 0 Å². The Kier molecular flexibility index (Phi) is 5.04. The number of aliphatic hydroxyl groups is 1. The molecule has 0 aliphatic carbocycles. The zero-order valence-electron chi connectivity index (χ0n) is 13.5. The molecule has 0 aromatic carbocycles. The van der Waals surface area contributed by atoms with E-state index in [1.807, 2.05) is 29.6 Å². The maximum absolute atomic E-state index is 12.8. The molecule has 0 saturated carbocycles. The maximum Gasteiger partial charge on any atom is 0.257 e. The Morgan fingerprint density at radius 3 is 2.76 bits per heavy atom. The molecular formula is C16H27N3O2. The van der Waals surface area contributed by atoms with Crippen molar-refractivity contribution in [3.63, 3.8) is 0 Å². The number of nitrogens with zero attached hydrogens (tertiary/aromatic N) is 3. The SMILES string of the molecule is CCn1cc(C(=O)N2CCCC(C(C)O)C2)c(C(C)C)n1. The molecule has 0 spiro atoms. The molecule has 1 fully saturated rings. The number of hydrogen-bond donors (Lipinski definition) is 1. The fourth-order valence-electron chi connectivity index (χ4n) is 2.95. The van der Waals surface area contributed by atoms with Gasteiger partial charge >= 0.3 is 0 Å². The molecule has 1 saturated heterocycles. The van der Waals surface area contributed by atoms with Crippen LogP contribution in [0.25, 0.3) is 0 Å². The fourth-order valence-corrected chi connectivity index (χ4v) is 2.95. The summed E-state index contributed by atoms with van der Waals surface area (Å²) in [5, 5.41) is 14.3. The molecule has 2 heterocycles. The predicted octanol–water partition coefficient (Wildman–Crippen LogP) is 2.26. The van der Waals surface area contributed by atoms with Crippen LogP contribution in [0.5, 0.6) is 0 Å². The van der Waals surface area contributed by atoms with E-state index in [9.17, 15) is 9.90 Å². The van der Waals surface area contributed by atoms with Crippen LogP contribution in [0.1, 0.15) is 62.5 Å². The van der Waals surface area contributed by atoms with Gasteiger partial charge in [-0.25, -0.2) is 0 Å². The van der Waals surface area contributed by atoms with Crippen molar-refractivity contribution >= 4 is 5.91 Å². The molecule has 5 nitrogen and oxygen atoms in total. The number of hydrogen-bond acceptors (Lipinski definition) is 3. The third-order valence-electron chi connectivity index (χ3n) is 4.32. The van der Waals surface area contributed by atoms with Gasteiger partial charge in [0.1, 0.15) is 0 Å². The molecule has 2 rings (SSSR count). The van der Waals surface area contributed by atoms with Crippen LogP contribution in [-0.2, 0) is 6.54 Å². The molecule has 21 heavy (non-hydrogen) atoms. The average Bonchev–Trinajstić information content (AvgIpc) is 2.91. The minimum Gasteiger partial charge on any atom is -0.393 e. The summed E-state index contributed by atoms with van der Waals surface area (Å²) in [6, 6.07) is 0. The van der Waals surface area contributed by atoms with Crippen molar-refractivity contribution in [3.05, 3.63) is 17.5 Å². The Balaban J connectivity index is 2.21. The van der Waals surface area contributed by atoms with Crippen LogP contribution < -0.4 is 0 Å². The number of likely N-dealkylation sites (tertiary alicyclic amines) is 1. The fraction of sp³-hybridized carbons (Fsp3) is 0.750. The summed E-state index contributed by atoms with van der Waals surface area (Å²) < 4.78 is 1.83. The van der Waals surface area contributed by atoms with Crippen LogP contribution in [0.2, 0.25) is 0 Å². The number of piperidine rings is 1. The first kappa shape index (κ1) is 16.0. The minimum atomic E-state index is -0.358. The van der Waals surface area contributed by atoms with E-state index in [1.54, 1.807) is 0 Å². The number of carbonyl (C=O) groups is 1. The van der Waals surface area contributed by atoms with E-state index in [0.29, 0.717) is 6.54 Å². The summed E-state index contributed by atoms with van der Waals surface area (Å²) in [7, 11) is 0. The predicted molar refractivity (Wildman–Crippen MR) is 82.3 cm³/mol. The Morgan fingerprint density at radius 2 is 2.19 bits per heavy atom. The second-order valence-electron chi connectivity index (χ2n) is 6.33. The van der Waals surface area contributed by atoms with Gasteiger partial charge in [-0.15, -0.1) is 0 Å². The number of rotatable bonds is 4. The van der Waals surface area contributed by atoms with E-state index >= 15 is 0 Å². The molecule has 0 bridgehead atoms. The summed E-state index contributed by atoms with van der Waals surface area (Å²) in [6.07, 6.45) is 3.46. The molecule has 1 aliphatic heterocycles. The number of aromatic nitrogens is 2. The molecular weight excluding hydrogens is 266 g/mol. The standard InChI is InChI=1S/C16H27N3O2/c1-5-19-10-14(15(17-19)11(2)3)16(21)18-8-6-7-13(9-18)12(4)20/h10-13,20H,5-9H2,1-4H3. The van der Waals surface area contributed by atoms with E-state index < -0.39 is 0 Å². The van der Waals surface area contributed by atoms with Gasteiger partial charge in [0.25, 0.3) is 5.91 Å². The highest BCUT2D eigenvalue weighted by molar-refractivity contribution is 5.95. The smallest absolute Gasteiger partial charge is 0.257 e. The van der Waals surface area contributed by atoms with Crippen molar-refractivity contribution in [2.75, 3.05) is 13.1 Å². The van der Waals surface area contributed by atoms with Crippen molar-refractivity contribution in [3.8, 4) is 0 Å². The van der Waals surface area contributed by atoms with E-state index in [1.165, 1.54) is 0 Å². The first-order chi connectivity index (χ1) is 9.93. The minimum absolute atomic E-state index is 0.0590. The van der Waals surface area contributed by atoms with Crippen molar-refractivity contribution in [1.82, 2.24) is 14.7 Å². The molecule has 2 atom stereocenters. The summed E-state index contributed by atoms with van der Waals surface area (Å²) >= 11 is 0. The van der Waals surface area contributed by atoms with Crippen LogP contribution in [0, 0.1) is 5.92 Å².